The molecule has 0 aliphatic carbocycles. The fraction of sp³-hybridized carbons (Fsp3) is 0.556. The zero-order chi connectivity index (χ0) is 22.9. The first-order valence-corrected chi connectivity index (χ1v) is 11.0. The number of piperazine rings is 1. The molecule has 0 spiro atoms. The second-order valence-corrected chi connectivity index (χ2v) is 9.64. The molecule has 1 fully saturated rings. The third-order valence-corrected chi connectivity index (χ3v) is 6.95. The van der Waals surface area contributed by atoms with Crippen LogP contribution in [-0.4, -0.2) is 61.7 Å². The molecule has 168 valence electrons. The monoisotopic (exact) mass is 469 g/mol. The number of sulfonamides is 1. The van der Waals surface area contributed by atoms with Gasteiger partial charge in [0, 0.05) is 33.1 Å². The van der Waals surface area contributed by atoms with Crippen LogP contribution in [-0.2, 0) is 25.8 Å². The first-order valence-electron chi connectivity index (χ1n) is 9.18. The Balaban J connectivity index is 2.16. The normalized spacial score (nSPS) is 17.1. The van der Waals surface area contributed by atoms with Crippen molar-refractivity contribution in [1.82, 2.24) is 14.5 Å². The van der Waals surface area contributed by atoms with E-state index in [-0.39, 0.29) is 43.9 Å². The van der Waals surface area contributed by atoms with Gasteiger partial charge in [0.05, 0.1) is 15.5 Å². The smallest absolute Gasteiger partial charge is 0.344 e. The Labute approximate surface area is 178 Å². The van der Waals surface area contributed by atoms with Gasteiger partial charge in [0.25, 0.3) is 0 Å². The van der Waals surface area contributed by atoms with Crippen LogP contribution in [0, 0.1) is 5.92 Å². The van der Waals surface area contributed by atoms with E-state index >= 15 is 0 Å². The summed E-state index contributed by atoms with van der Waals surface area (Å²) < 4.78 is 65.8. The molecule has 1 aromatic carbocycles. The predicted molar refractivity (Wildman–Crippen MR) is 104 cm³/mol. The summed E-state index contributed by atoms with van der Waals surface area (Å²) in [6, 6.07) is 1.70. The minimum absolute atomic E-state index is 0.0561. The topological polar surface area (TPSA) is 86.8 Å². The molecule has 2 rings (SSSR count). The van der Waals surface area contributed by atoms with E-state index in [1.807, 2.05) is 0 Å². The number of benzene rings is 1. The van der Waals surface area contributed by atoms with Crippen LogP contribution in [0.1, 0.15) is 26.3 Å². The van der Waals surface area contributed by atoms with Crippen LogP contribution >= 0.6 is 11.6 Å². The molecule has 1 saturated heterocycles. The van der Waals surface area contributed by atoms with Crippen molar-refractivity contribution in [2.45, 2.75) is 37.9 Å². The summed E-state index contributed by atoms with van der Waals surface area (Å²) in [6.07, 6.45) is -4.79. The Kier molecular flexibility index (Phi) is 7.41. The number of alkyl halides is 3. The number of amides is 2. The quantitative estimate of drug-likeness (QED) is 0.717. The highest BCUT2D eigenvalue weighted by Crippen LogP contribution is 2.36. The number of nitrogens with one attached hydrogen (secondary N) is 1. The zero-order valence-electron chi connectivity index (χ0n) is 16.7. The Morgan fingerprint density at radius 1 is 1.13 bits per heavy atom. The molecule has 0 saturated carbocycles. The maximum Gasteiger partial charge on any atom is 0.417 e. The van der Waals surface area contributed by atoms with E-state index in [4.69, 9.17) is 11.6 Å². The average Bonchev–Trinajstić information content (AvgIpc) is 2.64. The Morgan fingerprint density at radius 2 is 1.70 bits per heavy atom. The van der Waals surface area contributed by atoms with E-state index in [1.165, 1.54) is 11.8 Å². The summed E-state index contributed by atoms with van der Waals surface area (Å²) in [5, 5.41) is 2.00. The molecule has 1 aromatic rings. The van der Waals surface area contributed by atoms with E-state index in [1.54, 1.807) is 13.8 Å². The molecule has 0 aromatic heterocycles. The van der Waals surface area contributed by atoms with Crippen LogP contribution in [0.2, 0.25) is 5.02 Å². The molecule has 12 heteroatoms. The fourth-order valence-electron chi connectivity index (χ4n) is 3.11. The van der Waals surface area contributed by atoms with Gasteiger partial charge >= 0.3 is 6.18 Å². The predicted octanol–water partition coefficient (Wildman–Crippen LogP) is 2.35. The van der Waals surface area contributed by atoms with Crippen LogP contribution in [0.15, 0.2) is 23.1 Å². The van der Waals surface area contributed by atoms with Crippen LogP contribution < -0.4 is 5.32 Å². The number of rotatable bonds is 5. The summed E-state index contributed by atoms with van der Waals surface area (Å²) >= 11 is 5.56. The Morgan fingerprint density at radius 3 is 2.17 bits per heavy atom. The third-order valence-electron chi connectivity index (χ3n) is 4.72. The SMILES string of the molecule is CC(=O)N[C@H](C(=O)N1CCN(S(=O)(=O)c2ccc(Cl)c(C(F)(F)F)c2)CC1)C(C)C. The molecule has 0 unspecified atom stereocenters. The van der Waals surface area contributed by atoms with E-state index < -0.39 is 37.7 Å². The lowest BCUT2D eigenvalue weighted by Gasteiger charge is -2.36. The molecule has 1 N–H and O–H groups in total. The van der Waals surface area contributed by atoms with Crippen molar-refractivity contribution < 1.29 is 31.2 Å². The third kappa shape index (κ3) is 5.44. The van der Waals surface area contributed by atoms with Gasteiger partial charge < -0.3 is 10.2 Å². The summed E-state index contributed by atoms with van der Waals surface area (Å²) in [5.74, 6) is -0.854. The van der Waals surface area contributed by atoms with Gasteiger partial charge in [0.1, 0.15) is 6.04 Å². The molecule has 30 heavy (non-hydrogen) atoms. The number of hydrogen-bond donors (Lipinski definition) is 1. The molecular weight excluding hydrogens is 447 g/mol. The average molecular weight is 470 g/mol. The number of halogens is 4. The van der Waals surface area contributed by atoms with Gasteiger partial charge in [-0.05, 0) is 24.1 Å². The molecular formula is C18H23ClF3N3O4S. The van der Waals surface area contributed by atoms with Crippen molar-refractivity contribution in [3.05, 3.63) is 28.8 Å². The number of nitrogens with zero attached hydrogens (tertiary/aromatic N) is 2. The lowest BCUT2D eigenvalue weighted by atomic mass is 10.0. The minimum atomic E-state index is -4.79. The van der Waals surface area contributed by atoms with Gasteiger partial charge in [-0.1, -0.05) is 25.4 Å². The zero-order valence-corrected chi connectivity index (χ0v) is 18.2. The first kappa shape index (κ1) is 24.4. The molecule has 1 aliphatic rings. The van der Waals surface area contributed by atoms with Crippen LogP contribution in [0.4, 0.5) is 13.2 Å². The van der Waals surface area contributed by atoms with E-state index in [0.29, 0.717) is 6.07 Å². The molecule has 1 aliphatic heterocycles. The number of hydrogen-bond acceptors (Lipinski definition) is 4. The Bertz CT molecular complexity index is 914. The lowest BCUT2D eigenvalue weighted by Crippen LogP contribution is -2.56. The summed E-state index contributed by atoms with van der Waals surface area (Å²) in [4.78, 5) is 25.0. The molecule has 0 bridgehead atoms. The van der Waals surface area contributed by atoms with Gasteiger partial charge in [0.15, 0.2) is 0 Å². The van der Waals surface area contributed by atoms with E-state index in [0.717, 1.165) is 16.4 Å². The van der Waals surface area contributed by atoms with Gasteiger partial charge in [-0.25, -0.2) is 8.42 Å². The summed E-state index contributed by atoms with van der Waals surface area (Å²) in [6.45, 7) is 4.80. The highest BCUT2D eigenvalue weighted by molar-refractivity contribution is 7.89. The molecule has 1 atom stereocenters. The highest BCUT2D eigenvalue weighted by Gasteiger charge is 2.37. The molecule has 0 radical (unpaired) electrons. The molecule has 1 heterocycles. The van der Waals surface area contributed by atoms with Gasteiger partial charge in [-0.2, -0.15) is 17.5 Å². The number of carbonyl (C=O) groups excluding carboxylic acids is 2. The van der Waals surface area contributed by atoms with Crippen molar-refractivity contribution in [2.75, 3.05) is 26.2 Å². The van der Waals surface area contributed by atoms with Gasteiger partial charge in [0.2, 0.25) is 21.8 Å². The Hall–Kier alpha value is -1.85. The van der Waals surface area contributed by atoms with Crippen molar-refractivity contribution in [2.24, 2.45) is 5.92 Å². The van der Waals surface area contributed by atoms with Crippen molar-refractivity contribution in [3.63, 3.8) is 0 Å². The summed E-state index contributed by atoms with van der Waals surface area (Å²) in [7, 11) is -4.20. The van der Waals surface area contributed by atoms with E-state index in [9.17, 15) is 31.2 Å². The van der Waals surface area contributed by atoms with Crippen LogP contribution in [0.3, 0.4) is 0 Å². The highest BCUT2D eigenvalue weighted by atomic mass is 35.5. The van der Waals surface area contributed by atoms with Gasteiger partial charge in [-0.3, -0.25) is 9.59 Å². The second kappa shape index (κ2) is 9.11. The summed E-state index contributed by atoms with van der Waals surface area (Å²) in [5.41, 5.74) is -1.23. The maximum atomic E-state index is 13.1. The standard InChI is InChI=1S/C18H23ClF3N3O4S/c1-11(2)16(23-12(3)26)17(27)24-6-8-25(9-7-24)30(28,29)13-4-5-15(19)14(10-13)18(20,21)22/h4-5,10-11,16H,6-9H2,1-3H3,(H,23,26)/t16-/m0/s1. The van der Waals surface area contributed by atoms with Crippen molar-refractivity contribution in [1.29, 1.82) is 0 Å². The number of carbonyl (C=O) groups is 2. The maximum absolute atomic E-state index is 13.1. The first-order chi connectivity index (χ1) is 13.7. The van der Waals surface area contributed by atoms with E-state index in [2.05, 4.69) is 5.32 Å². The van der Waals surface area contributed by atoms with Crippen molar-refractivity contribution >= 4 is 33.4 Å². The minimum Gasteiger partial charge on any atom is -0.344 e. The molecule has 2 amide bonds. The van der Waals surface area contributed by atoms with Crippen LogP contribution in [0.5, 0.6) is 0 Å². The largest absolute Gasteiger partial charge is 0.417 e. The lowest BCUT2D eigenvalue weighted by molar-refractivity contribution is -0.138. The molecule has 7 nitrogen and oxygen atoms in total. The second-order valence-electron chi connectivity index (χ2n) is 7.29. The van der Waals surface area contributed by atoms with Gasteiger partial charge in [-0.15, -0.1) is 0 Å². The fourth-order valence-corrected chi connectivity index (χ4v) is 4.78. The van der Waals surface area contributed by atoms with Crippen molar-refractivity contribution in [3.8, 4) is 0 Å². The van der Waals surface area contributed by atoms with Crippen LogP contribution in [0.25, 0.3) is 0 Å².